The topological polar surface area (TPSA) is 50.8 Å². The van der Waals surface area contributed by atoms with Crippen molar-refractivity contribution in [1.82, 2.24) is 0 Å². The molecule has 1 N–H and O–H groups in total. The number of rotatable bonds is 3. The molecule has 5 rings (SSSR count). The summed E-state index contributed by atoms with van der Waals surface area (Å²) in [6.07, 6.45) is 1.05. The molecule has 5 nitrogen and oxygen atoms in total. The van der Waals surface area contributed by atoms with Crippen molar-refractivity contribution in [2.24, 2.45) is 0 Å². The van der Waals surface area contributed by atoms with Gasteiger partial charge >= 0.3 is 0 Å². The maximum absolute atomic E-state index is 12.5. The SMILES string of the molecule is O=C(Nc1ccc(N2CCc3ccccc3C2)cc1)c1ccc2c(c1)OCO2. The number of anilines is 2. The molecule has 1 amide bonds. The first-order valence-electron chi connectivity index (χ1n) is 9.39. The Labute approximate surface area is 163 Å². The highest BCUT2D eigenvalue weighted by Crippen LogP contribution is 2.33. The van der Waals surface area contributed by atoms with Crippen LogP contribution in [0.1, 0.15) is 21.5 Å². The molecule has 5 heteroatoms. The Morgan fingerprint density at radius 2 is 1.68 bits per heavy atom. The van der Waals surface area contributed by atoms with Crippen LogP contribution in [0.2, 0.25) is 0 Å². The Morgan fingerprint density at radius 1 is 0.893 bits per heavy atom. The fraction of sp³-hybridized carbons (Fsp3) is 0.174. The first kappa shape index (κ1) is 16.7. The van der Waals surface area contributed by atoms with Crippen molar-refractivity contribution in [2.45, 2.75) is 13.0 Å². The van der Waals surface area contributed by atoms with Crippen LogP contribution in [-0.4, -0.2) is 19.2 Å². The highest BCUT2D eigenvalue weighted by atomic mass is 16.7. The zero-order chi connectivity index (χ0) is 18.9. The van der Waals surface area contributed by atoms with Crippen LogP contribution in [0.5, 0.6) is 11.5 Å². The van der Waals surface area contributed by atoms with Crippen molar-refractivity contribution < 1.29 is 14.3 Å². The van der Waals surface area contributed by atoms with Gasteiger partial charge in [0.05, 0.1) is 0 Å². The maximum Gasteiger partial charge on any atom is 0.255 e. The Bertz CT molecular complexity index is 1030. The molecule has 3 aromatic carbocycles. The molecule has 140 valence electrons. The lowest BCUT2D eigenvalue weighted by Crippen LogP contribution is -2.30. The van der Waals surface area contributed by atoms with Gasteiger partial charge in [0.25, 0.3) is 5.91 Å². The van der Waals surface area contributed by atoms with Crippen LogP contribution in [0.25, 0.3) is 0 Å². The summed E-state index contributed by atoms with van der Waals surface area (Å²) in [5, 5.41) is 2.94. The number of nitrogens with one attached hydrogen (secondary N) is 1. The summed E-state index contributed by atoms with van der Waals surface area (Å²) < 4.78 is 10.6. The van der Waals surface area contributed by atoms with Crippen LogP contribution in [-0.2, 0) is 13.0 Å². The smallest absolute Gasteiger partial charge is 0.255 e. The molecule has 0 saturated heterocycles. The molecule has 3 aromatic rings. The van der Waals surface area contributed by atoms with E-state index < -0.39 is 0 Å². The number of fused-ring (bicyclic) bond motifs is 2. The van der Waals surface area contributed by atoms with Crippen LogP contribution >= 0.6 is 0 Å². The van der Waals surface area contributed by atoms with Crippen molar-refractivity contribution in [3.63, 3.8) is 0 Å². The van der Waals surface area contributed by atoms with E-state index in [1.807, 2.05) is 12.1 Å². The molecule has 0 fully saturated rings. The van der Waals surface area contributed by atoms with Gasteiger partial charge in [-0.3, -0.25) is 4.79 Å². The second-order valence-electron chi connectivity index (χ2n) is 7.01. The lowest BCUT2D eigenvalue weighted by molar-refractivity contribution is 0.102. The van der Waals surface area contributed by atoms with E-state index in [9.17, 15) is 4.79 Å². The summed E-state index contributed by atoms with van der Waals surface area (Å²) in [7, 11) is 0. The molecule has 0 radical (unpaired) electrons. The average Bonchev–Trinajstić information content (AvgIpc) is 3.22. The number of carbonyl (C=O) groups is 1. The third-order valence-electron chi connectivity index (χ3n) is 5.26. The fourth-order valence-electron chi connectivity index (χ4n) is 3.71. The molecule has 2 aliphatic rings. The number of hydrogen-bond acceptors (Lipinski definition) is 4. The van der Waals surface area contributed by atoms with E-state index in [2.05, 4.69) is 46.6 Å². The van der Waals surface area contributed by atoms with Gasteiger partial charge in [0.1, 0.15) is 0 Å². The molecule has 0 spiro atoms. The van der Waals surface area contributed by atoms with Gasteiger partial charge < -0.3 is 19.7 Å². The summed E-state index contributed by atoms with van der Waals surface area (Å²) >= 11 is 0. The highest BCUT2D eigenvalue weighted by Gasteiger charge is 2.18. The summed E-state index contributed by atoms with van der Waals surface area (Å²) in [5.74, 6) is 1.11. The second-order valence-corrected chi connectivity index (χ2v) is 7.01. The lowest BCUT2D eigenvalue weighted by Gasteiger charge is -2.30. The summed E-state index contributed by atoms with van der Waals surface area (Å²) in [6.45, 7) is 2.11. The van der Waals surface area contributed by atoms with Crippen LogP contribution in [0.15, 0.2) is 66.7 Å². The van der Waals surface area contributed by atoms with Gasteiger partial charge in [-0.15, -0.1) is 0 Å². The van der Waals surface area contributed by atoms with Gasteiger partial charge in [-0.1, -0.05) is 24.3 Å². The minimum atomic E-state index is -0.169. The van der Waals surface area contributed by atoms with E-state index in [1.54, 1.807) is 18.2 Å². The summed E-state index contributed by atoms with van der Waals surface area (Å²) in [4.78, 5) is 14.9. The minimum Gasteiger partial charge on any atom is -0.454 e. The van der Waals surface area contributed by atoms with Gasteiger partial charge in [-0.25, -0.2) is 0 Å². The number of benzene rings is 3. The fourth-order valence-corrected chi connectivity index (χ4v) is 3.71. The molecular formula is C23H20N2O3. The van der Waals surface area contributed by atoms with Crippen LogP contribution in [0.4, 0.5) is 11.4 Å². The largest absolute Gasteiger partial charge is 0.454 e. The first-order chi connectivity index (χ1) is 13.8. The Kier molecular flexibility index (Phi) is 4.13. The van der Waals surface area contributed by atoms with Crippen molar-refractivity contribution in [3.05, 3.63) is 83.4 Å². The molecule has 0 bridgehead atoms. The van der Waals surface area contributed by atoms with E-state index in [0.717, 1.165) is 30.9 Å². The third-order valence-corrected chi connectivity index (χ3v) is 5.26. The zero-order valence-corrected chi connectivity index (χ0v) is 15.4. The monoisotopic (exact) mass is 372 g/mol. The number of nitrogens with zero attached hydrogens (tertiary/aromatic N) is 1. The average molecular weight is 372 g/mol. The Morgan fingerprint density at radius 3 is 2.54 bits per heavy atom. The molecule has 0 aliphatic carbocycles. The first-order valence-corrected chi connectivity index (χ1v) is 9.39. The predicted molar refractivity (Wildman–Crippen MR) is 108 cm³/mol. The van der Waals surface area contributed by atoms with E-state index in [1.165, 1.54) is 11.1 Å². The van der Waals surface area contributed by atoms with Crippen molar-refractivity contribution in [2.75, 3.05) is 23.6 Å². The van der Waals surface area contributed by atoms with E-state index in [0.29, 0.717) is 17.1 Å². The molecule has 2 aliphatic heterocycles. The van der Waals surface area contributed by atoms with Gasteiger partial charge in [-0.05, 0) is 60.0 Å². The molecule has 0 unspecified atom stereocenters. The van der Waals surface area contributed by atoms with E-state index in [4.69, 9.17) is 9.47 Å². The van der Waals surface area contributed by atoms with Crippen molar-refractivity contribution in [1.29, 1.82) is 0 Å². The highest BCUT2D eigenvalue weighted by molar-refractivity contribution is 6.04. The van der Waals surface area contributed by atoms with Gasteiger partial charge in [0.15, 0.2) is 11.5 Å². The number of carbonyl (C=O) groups excluding carboxylic acids is 1. The zero-order valence-electron chi connectivity index (χ0n) is 15.4. The number of hydrogen-bond donors (Lipinski definition) is 1. The predicted octanol–water partition coefficient (Wildman–Crippen LogP) is 4.23. The van der Waals surface area contributed by atoms with Crippen molar-refractivity contribution in [3.8, 4) is 11.5 Å². The standard InChI is InChI=1S/C23H20N2O3/c26-23(17-5-10-21-22(13-17)28-15-27-21)24-19-6-8-20(9-7-19)25-12-11-16-3-1-2-4-18(16)14-25/h1-10,13H,11-12,14-15H2,(H,24,26). The summed E-state index contributed by atoms with van der Waals surface area (Å²) in [6, 6.07) is 21.8. The van der Waals surface area contributed by atoms with Crippen LogP contribution < -0.4 is 19.7 Å². The van der Waals surface area contributed by atoms with Crippen LogP contribution in [0.3, 0.4) is 0 Å². The van der Waals surface area contributed by atoms with E-state index in [-0.39, 0.29) is 12.7 Å². The lowest BCUT2D eigenvalue weighted by atomic mass is 9.99. The van der Waals surface area contributed by atoms with Crippen LogP contribution in [0, 0.1) is 0 Å². The molecule has 0 saturated carbocycles. The number of amides is 1. The maximum atomic E-state index is 12.5. The third kappa shape index (κ3) is 3.16. The molecule has 2 heterocycles. The van der Waals surface area contributed by atoms with Gasteiger partial charge in [0.2, 0.25) is 6.79 Å². The summed E-state index contributed by atoms with van der Waals surface area (Å²) in [5.41, 5.74) is 5.29. The normalized spacial score (nSPS) is 14.5. The quantitative estimate of drug-likeness (QED) is 0.748. The molecule has 0 atom stereocenters. The molecule has 28 heavy (non-hydrogen) atoms. The van der Waals surface area contributed by atoms with Gasteiger partial charge in [-0.2, -0.15) is 0 Å². The molecular weight excluding hydrogens is 352 g/mol. The van der Waals surface area contributed by atoms with Gasteiger partial charge in [0, 0.05) is 30.0 Å². The molecule has 0 aromatic heterocycles. The Balaban J connectivity index is 1.27. The number of ether oxygens (including phenoxy) is 2. The van der Waals surface area contributed by atoms with E-state index >= 15 is 0 Å². The van der Waals surface area contributed by atoms with Crippen molar-refractivity contribution >= 4 is 17.3 Å². The second kappa shape index (κ2) is 6.93. The minimum absolute atomic E-state index is 0.169. The Hall–Kier alpha value is -3.47.